The van der Waals surface area contributed by atoms with Crippen LogP contribution >= 0.6 is 0 Å². The third-order valence-electron chi connectivity index (χ3n) is 6.78. The summed E-state index contributed by atoms with van der Waals surface area (Å²) >= 11 is 0. The third kappa shape index (κ3) is 3.12. The van der Waals surface area contributed by atoms with E-state index in [0.29, 0.717) is 0 Å². The molecule has 2 nitrogen and oxygen atoms in total. The number of hydrogen-bond donors (Lipinski definition) is 0. The van der Waals surface area contributed by atoms with Crippen LogP contribution in [0.4, 0.5) is 0 Å². The molecule has 0 radical (unpaired) electrons. The van der Waals surface area contributed by atoms with Crippen molar-refractivity contribution in [2.45, 2.75) is 0 Å². The molecule has 5 aromatic carbocycles. The molecule has 158 valence electrons. The van der Waals surface area contributed by atoms with Crippen LogP contribution in [-0.4, -0.2) is 9.97 Å². The van der Waals surface area contributed by atoms with E-state index in [1.807, 2.05) is 24.8 Å². The molecule has 0 amide bonds. The molecule has 0 aliphatic rings. The molecule has 0 atom stereocenters. The molecular weight excluding hydrogens is 412 g/mol. The lowest BCUT2D eigenvalue weighted by Gasteiger charge is -2.10. The van der Waals surface area contributed by atoms with Crippen molar-refractivity contribution in [1.29, 1.82) is 0 Å². The Kier molecular flexibility index (Phi) is 4.18. The van der Waals surface area contributed by atoms with Crippen molar-refractivity contribution in [2.24, 2.45) is 0 Å². The van der Waals surface area contributed by atoms with Gasteiger partial charge in [-0.1, -0.05) is 60.7 Å². The van der Waals surface area contributed by atoms with E-state index >= 15 is 0 Å². The summed E-state index contributed by atoms with van der Waals surface area (Å²) in [4.78, 5) is 8.44. The van der Waals surface area contributed by atoms with E-state index in [9.17, 15) is 0 Å². The minimum absolute atomic E-state index is 1.16. The lowest BCUT2D eigenvalue weighted by Crippen LogP contribution is -1.84. The first-order valence-electron chi connectivity index (χ1n) is 11.5. The second kappa shape index (κ2) is 7.50. The number of fused-ring (bicyclic) bond motifs is 5. The predicted molar refractivity (Wildman–Crippen MR) is 143 cm³/mol. The van der Waals surface area contributed by atoms with E-state index in [2.05, 4.69) is 107 Å². The minimum Gasteiger partial charge on any atom is -0.264 e. The molecule has 0 saturated carbocycles. The Balaban J connectivity index is 1.32. The van der Waals surface area contributed by atoms with Gasteiger partial charge in [0.2, 0.25) is 0 Å². The molecule has 0 fully saturated rings. The molecule has 0 N–H and O–H groups in total. The van der Waals surface area contributed by atoms with Crippen LogP contribution in [0.15, 0.2) is 122 Å². The fraction of sp³-hybridized carbons (Fsp3) is 0. The van der Waals surface area contributed by atoms with Crippen LogP contribution in [0, 0.1) is 0 Å². The quantitative estimate of drug-likeness (QED) is 0.256. The topological polar surface area (TPSA) is 25.8 Å². The Morgan fingerprint density at radius 1 is 0.324 bits per heavy atom. The molecule has 7 aromatic rings. The van der Waals surface area contributed by atoms with Crippen LogP contribution in [0.3, 0.4) is 0 Å². The third-order valence-corrected chi connectivity index (χ3v) is 6.78. The van der Waals surface area contributed by atoms with Crippen LogP contribution in [0.5, 0.6) is 0 Å². The van der Waals surface area contributed by atoms with Crippen LogP contribution < -0.4 is 0 Å². The standard InChI is InChI=1S/C32H20N2/c1-5-29-19-33-13-11-25(29)15-21(1)23-7-9-31-27(17-23)3-4-28-18-24(8-10-32(28)31)22-2-6-30-20-34-14-12-26(30)16-22/h1-20H. The summed E-state index contributed by atoms with van der Waals surface area (Å²) in [6, 6.07) is 35.3. The Labute approximate surface area is 197 Å². The van der Waals surface area contributed by atoms with Gasteiger partial charge in [-0.05, 0) is 91.0 Å². The van der Waals surface area contributed by atoms with Gasteiger partial charge in [0.15, 0.2) is 0 Å². The Morgan fingerprint density at radius 2 is 0.706 bits per heavy atom. The second-order valence-electron chi connectivity index (χ2n) is 8.81. The number of pyridine rings is 2. The largest absolute Gasteiger partial charge is 0.264 e. The first-order chi connectivity index (χ1) is 16.8. The zero-order valence-corrected chi connectivity index (χ0v) is 18.4. The molecule has 7 rings (SSSR count). The van der Waals surface area contributed by atoms with Crippen LogP contribution in [-0.2, 0) is 0 Å². The smallest absolute Gasteiger partial charge is 0.0346 e. The van der Waals surface area contributed by atoms with Gasteiger partial charge < -0.3 is 0 Å². The molecule has 0 bridgehead atoms. The molecule has 2 heteroatoms. The summed E-state index contributed by atoms with van der Waals surface area (Å²) in [6.07, 6.45) is 7.52. The highest BCUT2D eigenvalue weighted by Crippen LogP contribution is 2.33. The first kappa shape index (κ1) is 19.0. The molecule has 0 aliphatic heterocycles. The number of aromatic nitrogens is 2. The maximum Gasteiger partial charge on any atom is 0.0346 e. The molecule has 0 saturated heterocycles. The zero-order valence-electron chi connectivity index (χ0n) is 18.4. The van der Waals surface area contributed by atoms with Crippen LogP contribution in [0.25, 0.3) is 65.3 Å². The fourth-order valence-corrected chi connectivity index (χ4v) is 4.96. The highest BCUT2D eigenvalue weighted by Gasteiger charge is 2.07. The van der Waals surface area contributed by atoms with Crippen molar-refractivity contribution in [3.8, 4) is 22.3 Å². The van der Waals surface area contributed by atoms with E-state index < -0.39 is 0 Å². The Bertz CT molecular complexity index is 1730. The van der Waals surface area contributed by atoms with E-state index in [1.165, 1.54) is 54.6 Å². The van der Waals surface area contributed by atoms with Gasteiger partial charge in [0.25, 0.3) is 0 Å². The summed E-state index contributed by atoms with van der Waals surface area (Å²) in [5, 5.41) is 9.82. The number of nitrogens with zero attached hydrogens (tertiary/aromatic N) is 2. The predicted octanol–water partition coefficient (Wildman–Crippen LogP) is 8.42. The van der Waals surface area contributed by atoms with E-state index in [0.717, 1.165) is 10.8 Å². The minimum atomic E-state index is 1.16. The molecule has 0 aliphatic carbocycles. The first-order valence-corrected chi connectivity index (χ1v) is 11.5. The van der Waals surface area contributed by atoms with Gasteiger partial charge >= 0.3 is 0 Å². The van der Waals surface area contributed by atoms with Crippen LogP contribution in [0.2, 0.25) is 0 Å². The normalized spacial score (nSPS) is 11.5. The van der Waals surface area contributed by atoms with Crippen molar-refractivity contribution in [3.05, 3.63) is 122 Å². The number of benzene rings is 5. The van der Waals surface area contributed by atoms with Crippen molar-refractivity contribution >= 4 is 43.1 Å². The van der Waals surface area contributed by atoms with Gasteiger partial charge in [-0.2, -0.15) is 0 Å². The molecule has 2 heterocycles. The monoisotopic (exact) mass is 432 g/mol. The zero-order chi connectivity index (χ0) is 22.5. The summed E-state index contributed by atoms with van der Waals surface area (Å²) in [6.45, 7) is 0. The van der Waals surface area contributed by atoms with Crippen molar-refractivity contribution < 1.29 is 0 Å². The van der Waals surface area contributed by atoms with Gasteiger partial charge in [0, 0.05) is 35.6 Å². The average Bonchev–Trinajstić information content (AvgIpc) is 2.91. The van der Waals surface area contributed by atoms with Gasteiger partial charge in [0.05, 0.1) is 0 Å². The number of hydrogen-bond acceptors (Lipinski definition) is 2. The maximum absolute atomic E-state index is 4.22. The Morgan fingerprint density at radius 3 is 1.18 bits per heavy atom. The summed E-state index contributed by atoms with van der Waals surface area (Å²) in [7, 11) is 0. The van der Waals surface area contributed by atoms with Gasteiger partial charge in [-0.15, -0.1) is 0 Å². The van der Waals surface area contributed by atoms with Gasteiger partial charge in [0.1, 0.15) is 0 Å². The molecule has 0 spiro atoms. The molecular formula is C32H20N2. The van der Waals surface area contributed by atoms with Gasteiger partial charge in [-0.3, -0.25) is 9.97 Å². The maximum atomic E-state index is 4.22. The van der Waals surface area contributed by atoms with Crippen molar-refractivity contribution in [1.82, 2.24) is 9.97 Å². The Hall–Kier alpha value is -4.56. The highest BCUT2D eigenvalue weighted by molar-refractivity contribution is 6.09. The van der Waals surface area contributed by atoms with Crippen molar-refractivity contribution in [2.75, 3.05) is 0 Å². The molecule has 0 unspecified atom stereocenters. The van der Waals surface area contributed by atoms with E-state index in [1.54, 1.807) is 0 Å². The van der Waals surface area contributed by atoms with E-state index in [-0.39, 0.29) is 0 Å². The highest BCUT2D eigenvalue weighted by atomic mass is 14.6. The van der Waals surface area contributed by atoms with Gasteiger partial charge in [-0.25, -0.2) is 0 Å². The SMILES string of the molecule is c1cc2cc(-c3ccc4c(ccc5cc(-c6ccc7cnccc7c6)ccc54)c3)ccc2cn1. The van der Waals surface area contributed by atoms with Crippen molar-refractivity contribution in [3.63, 3.8) is 0 Å². The molecule has 34 heavy (non-hydrogen) atoms. The van der Waals surface area contributed by atoms with E-state index in [4.69, 9.17) is 0 Å². The second-order valence-corrected chi connectivity index (χ2v) is 8.81. The fourth-order valence-electron chi connectivity index (χ4n) is 4.96. The molecule has 2 aromatic heterocycles. The summed E-state index contributed by atoms with van der Waals surface area (Å²) in [5.74, 6) is 0. The number of rotatable bonds is 2. The van der Waals surface area contributed by atoms with Crippen LogP contribution in [0.1, 0.15) is 0 Å². The lowest BCUT2D eigenvalue weighted by atomic mass is 9.94. The summed E-state index contributed by atoms with van der Waals surface area (Å²) < 4.78 is 0. The lowest BCUT2D eigenvalue weighted by molar-refractivity contribution is 1.36. The average molecular weight is 433 g/mol. The summed E-state index contributed by atoms with van der Waals surface area (Å²) in [5.41, 5.74) is 4.91.